The van der Waals surface area contributed by atoms with Gasteiger partial charge in [-0.1, -0.05) is 18.2 Å². The van der Waals surface area contributed by atoms with E-state index in [1.54, 1.807) is 36.4 Å². The number of aromatic nitrogens is 2. The number of nitrogens with one attached hydrogen (secondary N) is 1. The van der Waals surface area contributed by atoms with Gasteiger partial charge in [-0.2, -0.15) is 8.78 Å². The largest absolute Gasteiger partial charge is 0.494 e. The number of aromatic amines is 1. The predicted octanol–water partition coefficient (Wildman–Crippen LogP) is 4.13. The van der Waals surface area contributed by atoms with Crippen molar-refractivity contribution in [2.24, 2.45) is 4.99 Å². The maximum atomic E-state index is 12.6. The Morgan fingerprint density at radius 3 is 2.61 bits per heavy atom. The molecular weight excluding hydrogens is 368 g/mol. The molecule has 0 spiro atoms. The molecule has 0 radical (unpaired) electrons. The summed E-state index contributed by atoms with van der Waals surface area (Å²) in [4.78, 5) is 22.8. The van der Waals surface area contributed by atoms with Gasteiger partial charge in [-0.3, -0.25) is 19.8 Å². The van der Waals surface area contributed by atoms with Crippen LogP contribution in [0.3, 0.4) is 0 Å². The maximum Gasteiger partial charge on any atom is 0.387 e. The molecule has 0 aliphatic heterocycles. The van der Waals surface area contributed by atoms with Crippen LogP contribution in [-0.2, 0) is 0 Å². The fourth-order valence-corrected chi connectivity index (χ4v) is 2.99. The highest BCUT2D eigenvalue weighted by molar-refractivity contribution is 6.03. The van der Waals surface area contributed by atoms with Crippen LogP contribution in [-0.4, -0.2) is 27.9 Å². The van der Waals surface area contributed by atoms with Gasteiger partial charge in [-0.25, -0.2) is 0 Å². The van der Waals surface area contributed by atoms with Gasteiger partial charge in [-0.05, 0) is 30.3 Å². The van der Waals surface area contributed by atoms with Crippen LogP contribution in [0.25, 0.3) is 21.7 Å². The molecule has 0 unspecified atom stereocenters. The number of H-pyrrole nitrogens is 1. The molecule has 2 N–H and O–H groups in total. The fourth-order valence-electron chi connectivity index (χ4n) is 2.99. The van der Waals surface area contributed by atoms with Gasteiger partial charge in [-0.15, -0.1) is 0 Å². The van der Waals surface area contributed by atoms with Crippen molar-refractivity contribution < 1.29 is 18.6 Å². The Morgan fingerprint density at radius 1 is 1.07 bits per heavy atom. The summed E-state index contributed by atoms with van der Waals surface area (Å²) in [5, 5.41) is 11.6. The molecule has 6 nitrogen and oxygen atoms in total. The summed E-state index contributed by atoms with van der Waals surface area (Å²) in [7, 11) is 0. The van der Waals surface area contributed by atoms with Crippen LogP contribution >= 0.6 is 0 Å². The minimum atomic E-state index is -2.97. The van der Waals surface area contributed by atoms with Gasteiger partial charge in [0.25, 0.3) is 5.56 Å². The highest BCUT2D eigenvalue weighted by Crippen LogP contribution is 2.33. The second-order valence-corrected chi connectivity index (χ2v) is 5.88. The van der Waals surface area contributed by atoms with Crippen LogP contribution in [0.4, 0.5) is 14.5 Å². The van der Waals surface area contributed by atoms with Gasteiger partial charge in [0.1, 0.15) is 5.52 Å². The molecule has 140 valence electrons. The third-order valence-electron chi connectivity index (χ3n) is 4.21. The molecule has 0 atom stereocenters. The standard InChI is InChI=1S/C20H13F2N3O3/c21-20(22)28-16-8-7-15(13-6-3-9-23-17(13)16)24-10-14-11-4-1-2-5-12(11)18(26)25-19(14)27/h1-10,20H,(H2,25,26,27). The van der Waals surface area contributed by atoms with Gasteiger partial charge in [0.05, 0.1) is 11.3 Å². The molecule has 0 aliphatic rings. The zero-order chi connectivity index (χ0) is 19.7. The maximum absolute atomic E-state index is 12.6. The van der Waals surface area contributed by atoms with Gasteiger partial charge in [0.2, 0.25) is 5.88 Å². The Morgan fingerprint density at radius 2 is 1.82 bits per heavy atom. The molecule has 0 saturated heterocycles. The summed E-state index contributed by atoms with van der Waals surface area (Å²) in [6, 6.07) is 13.0. The molecule has 0 aliphatic carbocycles. The van der Waals surface area contributed by atoms with Crippen LogP contribution in [0, 0.1) is 0 Å². The molecule has 0 amide bonds. The SMILES string of the molecule is O=c1[nH]c(O)c(C=Nc2ccc(OC(F)F)c3ncccc23)c2ccccc12. The first kappa shape index (κ1) is 17.6. The molecule has 4 aromatic rings. The second-order valence-electron chi connectivity index (χ2n) is 5.88. The lowest BCUT2D eigenvalue weighted by Gasteiger charge is -2.09. The van der Waals surface area contributed by atoms with E-state index in [0.29, 0.717) is 27.4 Å². The number of alkyl halides is 2. The lowest BCUT2D eigenvalue weighted by Crippen LogP contribution is -2.07. The zero-order valence-corrected chi connectivity index (χ0v) is 14.3. The summed E-state index contributed by atoms with van der Waals surface area (Å²) < 4.78 is 29.7. The third kappa shape index (κ3) is 3.16. The third-order valence-corrected chi connectivity index (χ3v) is 4.21. The molecular formula is C20H13F2N3O3. The monoisotopic (exact) mass is 381 g/mol. The van der Waals surface area contributed by atoms with E-state index in [1.165, 1.54) is 24.5 Å². The first-order valence-corrected chi connectivity index (χ1v) is 8.25. The predicted molar refractivity (Wildman–Crippen MR) is 102 cm³/mol. The number of halogens is 2. The van der Waals surface area contributed by atoms with Crippen LogP contribution < -0.4 is 10.3 Å². The van der Waals surface area contributed by atoms with E-state index in [2.05, 4.69) is 19.7 Å². The Bertz CT molecular complexity index is 1270. The Balaban J connectivity index is 1.85. The number of hydrogen-bond acceptors (Lipinski definition) is 5. The number of aliphatic imine (C=N–C) groups is 1. The average Bonchev–Trinajstić information content (AvgIpc) is 2.69. The zero-order valence-electron chi connectivity index (χ0n) is 14.3. The van der Waals surface area contributed by atoms with Gasteiger partial charge in [0, 0.05) is 28.6 Å². The van der Waals surface area contributed by atoms with Crippen molar-refractivity contribution in [1.29, 1.82) is 0 Å². The van der Waals surface area contributed by atoms with Crippen molar-refractivity contribution in [3.05, 3.63) is 70.6 Å². The first-order valence-electron chi connectivity index (χ1n) is 8.25. The first-order chi connectivity index (χ1) is 13.5. The number of hydrogen-bond donors (Lipinski definition) is 2. The minimum Gasteiger partial charge on any atom is -0.494 e. The molecule has 4 rings (SSSR count). The van der Waals surface area contributed by atoms with Crippen molar-refractivity contribution in [2.75, 3.05) is 0 Å². The Labute approximate surface area is 156 Å². The minimum absolute atomic E-state index is 0.0538. The van der Waals surface area contributed by atoms with Crippen molar-refractivity contribution in [1.82, 2.24) is 9.97 Å². The van der Waals surface area contributed by atoms with Crippen LogP contribution in [0.5, 0.6) is 11.6 Å². The van der Waals surface area contributed by atoms with E-state index in [9.17, 15) is 18.7 Å². The van der Waals surface area contributed by atoms with Crippen molar-refractivity contribution in [3.63, 3.8) is 0 Å². The fraction of sp³-hybridized carbons (Fsp3) is 0.0500. The van der Waals surface area contributed by atoms with E-state index in [4.69, 9.17) is 0 Å². The van der Waals surface area contributed by atoms with E-state index >= 15 is 0 Å². The van der Waals surface area contributed by atoms with Crippen molar-refractivity contribution in [3.8, 4) is 11.6 Å². The van der Waals surface area contributed by atoms with E-state index in [1.807, 2.05) is 0 Å². The molecule has 2 aromatic carbocycles. The number of fused-ring (bicyclic) bond motifs is 2. The van der Waals surface area contributed by atoms with Crippen LogP contribution in [0.2, 0.25) is 0 Å². The number of benzene rings is 2. The summed E-state index contributed by atoms with van der Waals surface area (Å²) in [5.74, 6) is -0.366. The summed E-state index contributed by atoms with van der Waals surface area (Å²) >= 11 is 0. The smallest absolute Gasteiger partial charge is 0.387 e. The lowest BCUT2D eigenvalue weighted by atomic mass is 10.1. The topological polar surface area (TPSA) is 87.6 Å². The Kier molecular flexibility index (Phi) is 4.44. The highest BCUT2D eigenvalue weighted by Gasteiger charge is 2.12. The lowest BCUT2D eigenvalue weighted by molar-refractivity contribution is -0.0489. The molecule has 0 bridgehead atoms. The van der Waals surface area contributed by atoms with Gasteiger partial charge >= 0.3 is 6.61 Å². The molecule has 2 heterocycles. The molecule has 0 fully saturated rings. The number of nitrogens with zero attached hydrogens (tertiary/aromatic N) is 2. The van der Waals surface area contributed by atoms with Crippen molar-refractivity contribution >= 4 is 33.6 Å². The van der Waals surface area contributed by atoms with Crippen LogP contribution in [0.1, 0.15) is 5.56 Å². The normalized spacial score (nSPS) is 11.7. The van der Waals surface area contributed by atoms with E-state index in [0.717, 1.165) is 0 Å². The Hall–Kier alpha value is -3.81. The number of aromatic hydroxyl groups is 1. The number of ether oxygens (including phenoxy) is 1. The second kappa shape index (κ2) is 7.07. The van der Waals surface area contributed by atoms with E-state index < -0.39 is 12.2 Å². The summed E-state index contributed by atoms with van der Waals surface area (Å²) in [6.07, 6.45) is 2.87. The molecule has 28 heavy (non-hydrogen) atoms. The van der Waals surface area contributed by atoms with Crippen LogP contribution in [0.15, 0.2) is 64.5 Å². The molecule has 0 saturated carbocycles. The molecule has 8 heteroatoms. The summed E-state index contributed by atoms with van der Waals surface area (Å²) in [5.41, 5.74) is 0.612. The van der Waals surface area contributed by atoms with Crippen molar-refractivity contribution in [2.45, 2.75) is 6.61 Å². The number of pyridine rings is 2. The quantitative estimate of drug-likeness (QED) is 0.520. The molecule has 2 aromatic heterocycles. The highest BCUT2D eigenvalue weighted by atomic mass is 19.3. The summed E-state index contributed by atoms with van der Waals surface area (Å²) in [6.45, 7) is -2.97. The average molecular weight is 381 g/mol. The van der Waals surface area contributed by atoms with E-state index in [-0.39, 0.29) is 17.1 Å². The number of rotatable bonds is 4. The van der Waals surface area contributed by atoms with Gasteiger partial charge < -0.3 is 9.84 Å². The van der Waals surface area contributed by atoms with Gasteiger partial charge in [0.15, 0.2) is 5.75 Å².